The summed E-state index contributed by atoms with van der Waals surface area (Å²) in [4.78, 5) is 13.2. The van der Waals surface area contributed by atoms with Crippen molar-refractivity contribution in [3.05, 3.63) is 15.8 Å². The summed E-state index contributed by atoms with van der Waals surface area (Å²) in [5.41, 5.74) is 0.670. The number of aromatic nitrogens is 2. The first-order chi connectivity index (χ1) is 9.77. The van der Waals surface area contributed by atoms with Gasteiger partial charge in [-0.15, -0.1) is 0 Å². The van der Waals surface area contributed by atoms with Gasteiger partial charge in [-0.25, -0.2) is 4.68 Å². The lowest BCUT2D eigenvalue weighted by Gasteiger charge is -2.26. The van der Waals surface area contributed by atoms with Crippen LogP contribution < -0.4 is 5.32 Å². The molecule has 0 fully saturated rings. The Morgan fingerprint density at radius 3 is 2.48 bits per heavy atom. The van der Waals surface area contributed by atoms with E-state index in [2.05, 4.69) is 29.2 Å². The van der Waals surface area contributed by atoms with Crippen LogP contribution in [0.5, 0.6) is 0 Å². The second kappa shape index (κ2) is 7.40. The number of rotatable bonds is 8. The standard InChI is InChI=1S/C14H27N5O2/c1-7-8-11-13(19(20)21)14(18(6)16-11)15-12(10(2)3)9-17(4)5/h10,12,15H,7-9H2,1-6H3. The van der Waals surface area contributed by atoms with Crippen molar-refractivity contribution < 1.29 is 4.92 Å². The molecule has 0 aliphatic carbocycles. The SMILES string of the molecule is CCCc1nn(C)c(NC(CN(C)C)C(C)C)c1[N+](=O)[O-]. The molecule has 1 N–H and O–H groups in total. The van der Waals surface area contributed by atoms with Gasteiger partial charge in [0, 0.05) is 19.6 Å². The minimum atomic E-state index is -0.326. The van der Waals surface area contributed by atoms with Crippen LogP contribution in [0.3, 0.4) is 0 Å². The van der Waals surface area contributed by atoms with Gasteiger partial charge in [0.05, 0.1) is 4.92 Å². The van der Waals surface area contributed by atoms with Crippen LogP contribution in [-0.2, 0) is 13.5 Å². The van der Waals surface area contributed by atoms with Crippen LogP contribution in [0.1, 0.15) is 32.9 Å². The van der Waals surface area contributed by atoms with Gasteiger partial charge in [0.2, 0.25) is 5.82 Å². The Labute approximate surface area is 126 Å². The van der Waals surface area contributed by atoms with Gasteiger partial charge in [-0.3, -0.25) is 10.1 Å². The average Bonchev–Trinajstić information content (AvgIpc) is 2.64. The van der Waals surface area contributed by atoms with Crippen molar-refractivity contribution in [2.75, 3.05) is 26.0 Å². The smallest absolute Gasteiger partial charge is 0.334 e. The molecule has 1 unspecified atom stereocenters. The fraction of sp³-hybridized carbons (Fsp3) is 0.786. The summed E-state index contributed by atoms with van der Waals surface area (Å²) in [5, 5.41) is 19.0. The first kappa shape index (κ1) is 17.4. The lowest BCUT2D eigenvalue weighted by molar-refractivity contribution is -0.384. The van der Waals surface area contributed by atoms with Crippen molar-refractivity contribution in [1.82, 2.24) is 14.7 Å². The fourth-order valence-corrected chi connectivity index (χ4v) is 2.32. The molecule has 0 saturated heterocycles. The molecule has 1 heterocycles. The second-order valence-corrected chi connectivity index (χ2v) is 6.03. The van der Waals surface area contributed by atoms with E-state index in [1.54, 1.807) is 11.7 Å². The van der Waals surface area contributed by atoms with E-state index in [-0.39, 0.29) is 16.7 Å². The van der Waals surface area contributed by atoms with E-state index in [1.165, 1.54) is 0 Å². The molecule has 0 aliphatic rings. The molecular formula is C14H27N5O2. The number of nitrogens with zero attached hydrogens (tertiary/aromatic N) is 4. The van der Waals surface area contributed by atoms with Crippen LogP contribution in [0.4, 0.5) is 11.5 Å². The molecule has 0 spiro atoms. The topological polar surface area (TPSA) is 76.2 Å². The maximum atomic E-state index is 11.4. The maximum absolute atomic E-state index is 11.4. The van der Waals surface area contributed by atoms with Gasteiger partial charge >= 0.3 is 5.69 Å². The van der Waals surface area contributed by atoms with Crippen LogP contribution in [0.25, 0.3) is 0 Å². The van der Waals surface area contributed by atoms with Gasteiger partial charge in [0.1, 0.15) is 5.69 Å². The molecule has 1 atom stereocenters. The predicted octanol–water partition coefficient (Wildman–Crippen LogP) is 2.28. The second-order valence-electron chi connectivity index (χ2n) is 6.03. The first-order valence-electron chi connectivity index (χ1n) is 7.39. The van der Waals surface area contributed by atoms with E-state index < -0.39 is 0 Å². The zero-order valence-corrected chi connectivity index (χ0v) is 13.9. The van der Waals surface area contributed by atoms with Crippen LogP contribution in [0.2, 0.25) is 0 Å². The van der Waals surface area contributed by atoms with Crippen LogP contribution in [0, 0.1) is 16.0 Å². The van der Waals surface area contributed by atoms with Crippen molar-refractivity contribution in [1.29, 1.82) is 0 Å². The van der Waals surface area contributed by atoms with Crippen molar-refractivity contribution in [2.45, 2.75) is 39.7 Å². The highest BCUT2D eigenvalue weighted by Gasteiger charge is 2.28. The number of likely N-dealkylation sites (N-methyl/N-ethyl adjacent to an activating group) is 1. The summed E-state index contributed by atoms with van der Waals surface area (Å²) >= 11 is 0. The van der Waals surface area contributed by atoms with Gasteiger partial charge in [0.15, 0.2) is 0 Å². The van der Waals surface area contributed by atoms with Gasteiger partial charge in [-0.2, -0.15) is 5.10 Å². The Morgan fingerprint density at radius 2 is 2.05 bits per heavy atom. The monoisotopic (exact) mass is 297 g/mol. The Morgan fingerprint density at radius 1 is 1.43 bits per heavy atom. The van der Waals surface area contributed by atoms with Gasteiger partial charge in [-0.1, -0.05) is 27.2 Å². The molecule has 0 bridgehead atoms. The molecule has 1 aromatic rings. The number of hydrogen-bond acceptors (Lipinski definition) is 5. The molecule has 7 nitrogen and oxygen atoms in total. The number of nitro groups is 1. The molecule has 0 radical (unpaired) electrons. The maximum Gasteiger partial charge on any atom is 0.334 e. The Bertz CT molecular complexity index is 482. The lowest BCUT2D eigenvalue weighted by Crippen LogP contribution is -2.37. The summed E-state index contributed by atoms with van der Waals surface area (Å²) in [6.07, 6.45) is 1.45. The molecular weight excluding hydrogens is 270 g/mol. The van der Waals surface area contributed by atoms with Gasteiger partial charge in [-0.05, 0) is 26.4 Å². The fourth-order valence-electron chi connectivity index (χ4n) is 2.32. The number of aryl methyl sites for hydroxylation is 2. The van der Waals surface area contributed by atoms with Crippen LogP contribution in [0.15, 0.2) is 0 Å². The summed E-state index contributed by atoms with van der Waals surface area (Å²) < 4.78 is 1.59. The van der Waals surface area contributed by atoms with Crippen molar-refractivity contribution in [3.63, 3.8) is 0 Å². The normalized spacial score (nSPS) is 13.0. The minimum absolute atomic E-state index is 0.115. The average molecular weight is 297 g/mol. The lowest BCUT2D eigenvalue weighted by atomic mass is 10.0. The molecule has 0 saturated carbocycles. The largest absolute Gasteiger partial charge is 0.360 e. The highest BCUT2D eigenvalue weighted by atomic mass is 16.6. The van der Waals surface area contributed by atoms with Crippen molar-refractivity contribution >= 4 is 11.5 Å². The third kappa shape index (κ3) is 4.42. The third-order valence-corrected chi connectivity index (χ3v) is 3.45. The molecule has 0 aromatic carbocycles. The molecule has 0 aliphatic heterocycles. The van der Waals surface area contributed by atoms with Gasteiger partial charge in [0.25, 0.3) is 0 Å². The Hall–Kier alpha value is -1.63. The molecule has 21 heavy (non-hydrogen) atoms. The molecule has 0 amide bonds. The van der Waals surface area contributed by atoms with Crippen molar-refractivity contribution in [2.24, 2.45) is 13.0 Å². The summed E-state index contributed by atoms with van der Waals surface area (Å²) in [7, 11) is 5.75. The highest BCUT2D eigenvalue weighted by molar-refractivity contribution is 5.60. The predicted molar refractivity (Wildman–Crippen MR) is 84.7 cm³/mol. The van der Waals surface area contributed by atoms with Crippen molar-refractivity contribution in [3.8, 4) is 0 Å². The summed E-state index contributed by atoms with van der Waals surface area (Å²) in [6.45, 7) is 7.02. The number of anilines is 1. The first-order valence-corrected chi connectivity index (χ1v) is 7.39. The van der Waals surface area contributed by atoms with E-state index >= 15 is 0 Å². The number of nitrogens with one attached hydrogen (secondary N) is 1. The minimum Gasteiger partial charge on any atom is -0.360 e. The van der Waals surface area contributed by atoms with E-state index in [0.29, 0.717) is 23.9 Å². The zero-order chi connectivity index (χ0) is 16.2. The molecule has 1 aromatic heterocycles. The quantitative estimate of drug-likeness (QED) is 0.588. The zero-order valence-electron chi connectivity index (χ0n) is 13.9. The Balaban J connectivity index is 3.13. The molecule has 1 rings (SSSR count). The Kier molecular flexibility index (Phi) is 6.14. The van der Waals surface area contributed by atoms with E-state index in [0.717, 1.165) is 13.0 Å². The highest BCUT2D eigenvalue weighted by Crippen LogP contribution is 2.30. The summed E-state index contributed by atoms with van der Waals surface area (Å²) in [5.74, 6) is 0.862. The van der Waals surface area contributed by atoms with Crippen LogP contribution >= 0.6 is 0 Å². The number of hydrogen-bond donors (Lipinski definition) is 1. The third-order valence-electron chi connectivity index (χ3n) is 3.45. The molecule has 120 valence electrons. The molecule has 7 heteroatoms. The summed E-state index contributed by atoms with van der Waals surface area (Å²) in [6, 6.07) is 0.128. The van der Waals surface area contributed by atoms with Crippen LogP contribution in [-0.4, -0.2) is 46.3 Å². The van der Waals surface area contributed by atoms with E-state index in [4.69, 9.17) is 0 Å². The van der Waals surface area contributed by atoms with E-state index in [1.807, 2.05) is 21.0 Å². The van der Waals surface area contributed by atoms with Gasteiger partial charge < -0.3 is 10.2 Å². The van der Waals surface area contributed by atoms with E-state index in [9.17, 15) is 10.1 Å².